The van der Waals surface area contributed by atoms with Crippen molar-refractivity contribution in [3.05, 3.63) is 83.3 Å². The molecule has 3 aromatic carbocycles. The Labute approximate surface area is 210 Å². The number of hydrogen-bond acceptors (Lipinski definition) is 3. The second-order valence-corrected chi connectivity index (χ2v) is 8.41. The Morgan fingerprint density at radius 1 is 1.03 bits per heavy atom. The maximum atomic E-state index is 14.1. The quantitative estimate of drug-likeness (QED) is 0.232. The molecule has 5 N–H and O–H groups in total. The number of nitrogens with one attached hydrogen (secondary N) is 3. The molecule has 0 fully saturated rings. The molecule has 4 amide bonds. The number of anilines is 2. The Balaban J connectivity index is 1.71. The summed E-state index contributed by atoms with van der Waals surface area (Å²) in [7, 11) is 0. The summed E-state index contributed by atoms with van der Waals surface area (Å²) >= 11 is 0. The summed E-state index contributed by atoms with van der Waals surface area (Å²) < 4.78 is 42.7. The number of fused-ring (bicyclic) bond motifs is 1. The summed E-state index contributed by atoms with van der Waals surface area (Å²) in [5.41, 5.74) is 6.67. The number of primary amides is 1. The maximum Gasteiger partial charge on any atom is 0.324 e. The van der Waals surface area contributed by atoms with Crippen molar-refractivity contribution >= 4 is 34.3 Å². The molecule has 0 unspecified atom stereocenters. The van der Waals surface area contributed by atoms with E-state index in [-0.39, 0.29) is 12.4 Å². The number of benzene rings is 3. The van der Waals surface area contributed by atoms with E-state index in [4.69, 9.17) is 5.73 Å². The van der Waals surface area contributed by atoms with Crippen molar-refractivity contribution in [2.45, 2.75) is 32.7 Å². The van der Waals surface area contributed by atoms with Crippen LogP contribution in [0.25, 0.3) is 16.5 Å². The van der Waals surface area contributed by atoms with Crippen molar-refractivity contribution in [2.24, 2.45) is 5.73 Å². The molecular formula is C26H25F3N6O2. The van der Waals surface area contributed by atoms with Gasteiger partial charge < -0.3 is 16.4 Å². The molecule has 0 radical (unpaired) electrons. The molecule has 0 aliphatic carbocycles. The Bertz CT molecular complexity index is 1470. The summed E-state index contributed by atoms with van der Waals surface area (Å²) in [5.74, 6) is -3.58. The fourth-order valence-corrected chi connectivity index (χ4v) is 3.94. The number of carbonyl (C=O) groups excluding carboxylic acids is 2. The van der Waals surface area contributed by atoms with Gasteiger partial charge in [0.1, 0.15) is 11.6 Å². The minimum atomic E-state index is -1.42. The molecule has 0 aliphatic rings. The Morgan fingerprint density at radius 3 is 2.57 bits per heavy atom. The maximum absolute atomic E-state index is 14.1. The van der Waals surface area contributed by atoms with Crippen LogP contribution in [0.1, 0.15) is 31.0 Å². The molecular weight excluding hydrogens is 485 g/mol. The van der Waals surface area contributed by atoms with E-state index in [0.717, 1.165) is 29.2 Å². The number of amides is 4. The van der Waals surface area contributed by atoms with Gasteiger partial charge in [-0.25, -0.2) is 27.4 Å². The molecule has 0 saturated heterocycles. The number of carbonyl (C=O) groups is 2. The third-order valence-electron chi connectivity index (χ3n) is 5.66. The molecule has 4 rings (SSSR count). The number of urea groups is 2. The van der Waals surface area contributed by atoms with Gasteiger partial charge in [0.05, 0.1) is 17.1 Å². The van der Waals surface area contributed by atoms with Gasteiger partial charge in [0.15, 0.2) is 11.6 Å². The lowest BCUT2D eigenvalue weighted by Crippen LogP contribution is -2.28. The second-order valence-electron chi connectivity index (χ2n) is 8.41. The molecule has 192 valence electrons. The Kier molecular flexibility index (Phi) is 7.61. The van der Waals surface area contributed by atoms with Gasteiger partial charge in [-0.15, -0.1) is 0 Å². The van der Waals surface area contributed by atoms with Crippen LogP contribution in [0.2, 0.25) is 0 Å². The van der Waals surface area contributed by atoms with Crippen molar-refractivity contribution < 1.29 is 22.8 Å². The molecule has 0 atom stereocenters. The van der Waals surface area contributed by atoms with E-state index in [9.17, 15) is 22.8 Å². The average molecular weight is 511 g/mol. The number of nitrogens with two attached hydrogens (primary N) is 1. The minimum Gasteiger partial charge on any atom is -0.352 e. The zero-order valence-electron chi connectivity index (χ0n) is 19.9. The number of rotatable bonds is 8. The van der Waals surface area contributed by atoms with E-state index < -0.39 is 35.2 Å². The molecule has 4 aromatic rings. The summed E-state index contributed by atoms with van der Waals surface area (Å²) in [6.07, 6.45) is 2.44. The third kappa shape index (κ3) is 6.00. The smallest absolute Gasteiger partial charge is 0.324 e. The van der Waals surface area contributed by atoms with Crippen LogP contribution in [0, 0.1) is 17.5 Å². The highest BCUT2D eigenvalue weighted by molar-refractivity contribution is 5.99. The van der Waals surface area contributed by atoms with Crippen molar-refractivity contribution in [1.82, 2.24) is 15.1 Å². The van der Waals surface area contributed by atoms with Gasteiger partial charge in [0, 0.05) is 24.7 Å². The van der Waals surface area contributed by atoms with E-state index in [1.807, 2.05) is 37.3 Å². The van der Waals surface area contributed by atoms with Crippen LogP contribution in [0.15, 0.2) is 54.6 Å². The molecule has 8 nitrogen and oxygen atoms in total. The molecule has 37 heavy (non-hydrogen) atoms. The lowest BCUT2D eigenvalue weighted by Gasteiger charge is -2.14. The van der Waals surface area contributed by atoms with E-state index in [0.29, 0.717) is 29.9 Å². The average Bonchev–Trinajstić information content (AvgIpc) is 3.26. The van der Waals surface area contributed by atoms with Gasteiger partial charge in [-0.3, -0.25) is 5.32 Å². The van der Waals surface area contributed by atoms with Gasteiger partial charge in [-0.05, 0) is 41.3 Å². The first-order chi connectivity index (χ1) is 17.7. The summed E-state index contributed by atoms with van der Waals surface area (Å²) in [6.45, 7) is 2.21. The second kappa shape index (κ2) is 11.0. The topological polar surface area (TPSA) is 114 Å². The third-order valence-corrected chi connectivity index (χ3v) is 5.66. The van der Waals surface area contributed by atoms with Crippen LogP contribution in [0.3, 0.4) is 0 Å². The van der Waals surface area contributed by atoms with E-state index in [1.165, 1.54) is 4.68 Å². The van der Waals surface area contributed by atoms with E-state index in [2.05, 4.69) is 21.0 Å². The number of nitrogens with zero attached hydrogens (tertiary/aromatic N) is 2. The van der Waals surface area contributed by atoms with Crippen molar-refractivity contribution in [3.8, 4) is 5.69 Å². The zero-order valence-corrected chi connectivity index (χ0v) is 19.9. The van der Waals surface area contributed by atoms with Crippen molar-refractivity contribution in [1.29, 1.82) is 0 Å². The molecule has 0 bridgehead atoms. The fraction of sp³-hybridized carbons (Fsp3) is 0.192. The molecule has 0 spiro atoms. The van der Waals surface area contributed by atoms with Gasteiger partial charge in [-0.1, -0.05) is 37.6 Å². The lowest BCUT2D eigenvalue weighted by molar-refractivity contribution is 0.248. The van der Waals surface area contributed by atoms with Crippen molar-refractivity contribution in [3.63, 3.8) is 0 Å². The first-order valence-corrected chi connectivity index (χ1v) is 11.6. The normalized spacial score (nSPS) is 10.9. The van der Waals surface area contributed by atoms with Crippen LogP contribution in [-0.2, 0) is 13.0 Å². The zero-order chi connectivity index (χ0) is 26.5. The first kappa shape index (κ1) is 25.5. The number of unbranched alkanes of at least 4 members (excludes halogenated alkanes) is 1. The largest absolute Gasteiger partial charge is 0.352 e. The van der Waals surface area contributed by atoms with E-state index in [1.54, 1.807) is 12.1 Å². The lowest BCUT2D eigenvalue weighted by atomic mass is 10.0. The van der Waals surface area contributed by atoms with Crippen molar-refractivity contribution in [2.75, 3.05) is 10.6 Å². The number of hydrogen-bond donors (Lipinski definition) is 4. The van der Waals surface area contributed by atoms with Gasteiger partial charge in [0.25, 0.3) is 0 Å². The van der Waals surface area contributed by atoms with Crippen LogP contribution < -0.4 is 21.7 Å². The molecule has 0 saturated carbocycles. The predicted molar refractivity (Wildman–Crippen MR) is 135 cm³/mol. The Morgan fingerprint density at radius 2 is 1.81 bits per heavy atom. The minimum absolute atomic E-state index is 0.168. The van der Waals surface area contributed by atoms with Crippen LogP contribution >= 0.6 is 0 Å². The van der Waals surface area contributed by atoms with E-state index >= 15 is 0 Å². The molecule has 11 heteroatoms. The Hall–Kier alpha value is -4.54. The highest BCUT2D eigenvalue weighted by Crippen LogP contribution is 2.27. The summed E-state index contributed by atoms with van der Waals surface area (Å²) in [4.78, 5) is 24.0. The molecule has 1 heterocycles. The van der Waals surface area contributed by atoms with Crippen LogP contribution in [-0.4, -0.2) is 21.8 Å². The number of aryl methyl sites for hydroxylation is 1. The van der Waals surface area contributed by atoms with Crippen LogP contribution in [0.4, 0.5) is 34.3 Å². The van der Waals surface area contributed by atoms with Gasteiger partial charge in [0.2, 0.25) is 0 Å². The highest BCUT2D eigenvalue weighted by atomic mass is 19.2. The monoisotopic (exact) mass is 510 g/mol. The predicted octanol–water partition coefficient (Wildman–Crippen LogP) is 5.60. The first-order valence-electron chi connectivity index (χ1n) is 11.6. The SMILES string of the molecule is CCCCc1cc(NC(=O)Nc2cc(F)cc(F)c2F)n(-c2cc(CNC(N)=O)c3ccccc3c2)n1. The van der Waals surface area contributed by atoms with Crippen LogP contribution in [0.5, 0.6) is 0 Å². The summed E-state index contributed by atoms with van der Waals surface area (Å²) in [5, 5.41) is 13.7. The molecule has 0 aliphatic heterocycles. The summed E-state index contributed by atoms with van der Waals surface area (Å²) in [6, 6.07) is 12.4. The molecule has 1 aromatic heterocycles. The number of aromatic nitrogens is 2. The number of halogens is 3. The fourth-order valence-electron chi connectivity index (χ4n) is 3.94. The highest BCUT2D eigenvalue weighted by Gasteiger charge is 2.17. The van der Waals surface area contributed by atoms with Gasteiger partial charge in [-0.2, -0.15) is 5.10 Å². The van der Waals surface area contributed by atoms with Gasteiger partial charge >= 0.3 is 12.1 Å². The standard InChI is InChI=1S/C26H25F3N6O2/c1-2-3-7-18-13-23(33-26(37)32-22-12-17(27)11-21(28)24(22)29)35(34-18)19-9-15-6-4-5-8-20(15)16(10-19)14-31-25(30)36/h4-6,8-13H,2-3,7,14H2,1H3,(H3,30,31,36)(H2,32,33,37).